The standard InChI is InChI=1S/C13H5BrN5O2.Na/c14-13(7-17,8-18)12(10(5-15)6-16)9-2-1-3-11(4-9)19(20)21;/h1-4,12H;/q-1;+1. The molecule has 0 aliphatic rings. The molecule has 1 atom stereocenters. The van der Waals surface area contributed by atoms with E-state index in [9.17, 15) is 10.1 Å². The van der Waals surface area contributed by atoms with Crippen LogP contribution in [-0.4, -0.2) is 9.25 Å². The van der Waals surface area contributed by atoms with E-state index in [4.69, 9.17) is 21.0 Å². The summed E-state index contributed by atoms with van der Waals surface area (Å²) in [6, 6.07) is 11.8. The van der Waals surface area contributed by atoms with E-state index in [2.05, 4.69) is 15.9 Å². The Hall–Kier alpha value is -2.07. The number of halogens is 1. The Morgan fingerprint density at radius 2 is 1.77 bits per heavy atom. The molecule has 0 fully saturated rings. The summed E-state index contributed by atoms with van der Waals surface area (Å²) in [7, 11) is 0. The molecule has 0 heterocycles. The van der Waals surface area contributed by atoms with Crippen LogP contribution in [0.15, 0.2) is 24.3 Å². The van der Waals surface area contributed by atoms with Gasteiger partial charge in [0.05, 0.1) is 17.1 Å². The molecule has 7 nitrogen and oxygen atoms in total. The van der Waals surface area contributed by atoms with Gasteiger partial charge in [0.2, 0.25) is 0 Å². The molecule has 1 aromatic carbocycles. The van der Waals surface area contributed by atoms with Gasteiger partial charge in [-0.15, -0.1) is 0 Å². The number of alkyl halides is 1. The van der Waals surface area contributed by atoms with Gasteiger partial charge in [-0.1, -0.05) is 51.7 Å². The number of nitro benzene ring substituents is 1. The average molecular weight is 366 g/mol. The van der Waals surface area contributed by atoms with Gasteiger partial charge < -0.3 is 0 Å². The smallest absolute Gasteiger partial charge is 0.258 e. The average Bonchev–Trinajstić information content (AvgIpc) is 2.51. The van der Waals surface area contributed by atoms with Crippen molar-refractivity contribution in [2.75, 3.05) is 0 Å². The number of benzene rings is 1. The molecule has 102 valence electrons. The number of non-ortho nitro benzene ring substituents is 1. The van der Waals surface area contributed by atoms with Crippen molar-refractivity contribution < 1.29 is 34.5 Å². The number of nitro groups is 1. The van der Waals surface area contributed by atoms with Crippen molar-refractivity contribution in [3.05, 3.63) is 45.9 Å². The van der Waals surface area contributed by atoms with Crippen LogP contribution in [0.2, 0.25) is 0 Å². The maximum atomic E-state index is 10.8. The first-order valence-electron chi connectivity index (χ1n) is 5.36. The second-order valence-electron chi connectivity index (χ2n) is 3.86. The van der Waals surface area contributed by atoms with Crippen LogP contribution in [0.25, 0.3) is 0 Å². The van der Waals surface area contributed by atoms with Gasteiger partial charge in [-0.2, -0.15) is 16.4 Å². The van der Waals surface area contributed by atoms with Crippen LogP contribution in [0.1, 0.15) is 11.5 Å². The molecule has 1 rings (SSSR count). The molecule has 9 heteroatoms. The minimum absolute atomic E-state index is 0. The van der Waals surface area contributed by atoms with E-state index in [0.29, 0.717) is 0 Å². The van der Waals surface area contributed by atoms with Crippen LogP contribution in [-0.2, 0) is 0 Å². The van der Waals surface area contributed by atoms with Gasteiger partial charge in [0, 0.05) is 12.1 Å². The molecule has 0 bridgehead atoms. The molecule has 1 unspecified atom stereocenters. The van der Waals surface area contributed by atoms with E-state index in [1.807, 2.05) is 0 Å². The topological polar surface area (TPSA) is 138 Å². The minimum atomic E-state index is -1.87. The van der Waals surface area contributed by atoms with Gasteiger partial charge in [-0.05, 0) is 0 Å². The Morgan fingerprint density at radius 1 is 1.23 bits per heavy atom. The maximum Gasteiger partial charge on any atom is 1.00 e. The second-order valence-corrected chi connectivity index (χ2v) is 5.11. The number of hydrogen-bond acceptors (Lipinski definition) is 6. The summed E-state index contributed by atoms with van der Waals surface area (Å²) in [5.74, 6) is -1.63. The van der Waals surface area contributed by atoms with Crippen molar-refractivity contribution in [2.45, 2.75) is 10.2 Å². The third-order valence-corrected chi connectivity index (χ3v) is 3.48. The number of nitrogens with zero attached hydrogens (tertiary/aromatic N) is 5. The van der Waals surface area contributed by atoms with E-state index in [-0.39, 0.29) is 40.8 Å². The molecule has 0 aliphatic heterocycles. The zero-order valence-corrected chi connectivity index (χ0v) is 14.9. The molecular weight excluding hydrogens is 361 g/mol. The Labute approximate surface area is 156 Å². The minimum Gasteiger partial charge on any atom is -0.258 e. The molecule has 0 aliphatic carbocycles. The molecule has 22 heavy (non-hydrogen) atoms. The summed E-state index contributed by atoms with van der Waals surface area (Å²) in [6.45, 7) is 0. The van der Waals surface area contributed by atoms with Gasteiger partial charge in [-0.25, -0.2) is 10.5 Å². The Morgan fingerprint density at radius 3 is 2.18 bits per heavy atom. The first-order chi connectivity index (χ1) is 9.93. The van der Waals surface area contributed by atoms with Gasteiger partial charge in [0.25, 0.3) is 5.69 Å². The maximum absolute atomic E-state index is 10.8. The van der Waals surface area contributed by atoms with Crippen LogP contribution in [0.3, 0.4) is 0 Å². The zero-order valence-electron chi connectivity index (χ0n) is 11.3. The van der Waals surface area contributed by atoms with Gasteiger partial charge >= 0.3 is 29.6 Å². The predicted octanol–water partition coefficient (Wildman–Crippen LogP) is -0.515. The molecule has 0 radical (unpaired) electrons. The molecule has 0 amide bonds. The first-order valence-corrected chi connectivity index (χ1v) is 6.15. The van der Waals surface area contributed by atoms with Gasteiger partial charge in [-0.3, -0.25) is 10.1 Å². The number of nitriles is 4. The fourth-order valence-corrected chi connectivity index (χ4v) is 2.21. The summed E-state index contributed by atoms with van der Waals surface area (Å²) in [4.78, 5) is 10.2. The molecule has 1 aromatic rings. The van der Waals surface area contributed by atoms with Crippen molar-refractivity contribution in [3.8, 4) is 24.3 Å². The van der Waals surface area contributed by atoms with Crippen molar-refractivity contribution in [1.82, 2.24) is 0 Å². The fourth-order valence-electron chi connectivity index (χ4n) is 1.72. The number of rotatable bonds is 4. The Bertz CT molecular complexity index is 713. The van der Waals surface area contributed by atoms with Crippen LogP contribution in [0, 0.1) is 61.4 Å². The Balaban J connectivity index is 0.00000441. The molecular formula is C13H5BrN5NaO2. The van der Waals surface area contributed by atoms with E-state index in [0.717, 1.165) is 6.07 Å². The molecule has 0 saturated heterocycles. The number of hydrogen-bond donors (Lipinski definition) is 0. The third-order valence-electron chi connectivity index (χ3n) is 2.67. The predicted molar refractivity (Wildman–Crippen MR) is 73.2 cm³/mol. The molecule has 0 N–H and O–H groups in total. The van der Waals surface area contributed by atoms with Crippen molar-refractivity contribution >= 4 is 21.6 Å². The summed E-state index contributed by atoms with van der Waals surface area (Å²) >= 11 is 2.92. The normalized spacial score (nSPS) is 10.6. The van der Waals surface area contributed by atoms with Crippen molar-refractivity contribution in [1.29, 1.82) is 21.0 Å². The Kier molecular flexibility index (Phi) is 7.60. The monoisotopic (exact) mass is 365 g/mol. The summed E-state index contributed by atoms with van der Waals surface area (Å²) in [6.07, 6.45) is 0. The van der Waals surface area contributed by atoms with Crippen LogP contribution in [0.5, 0.6) is 0 Å². The summed E-state index contributed by atoms with van der Waals surface area (Å²) in [5, 5.41) is 47.1. The molecule has 0 aromatic heterocycles. The van der Waals surface area contributed by atoms with Gasteiger partial charge in [0.1, 0.15) is 0 Å². The van der Waals surface area contributed by atoms with Crippen LogP contribution in [0.4, 0.5) is 5.69 Å². The summed E-state index contributed by atoms with van der Waals surface area (Å²) in [5.41, 5.74) is -0.110. The molecule has 0 saturated carbocycles. The van der Waals surface area contributed by atoms with Crippen molar-refractivity contribution in [2.24, 2.45) is 0 Å². The molecule has 0 spiro atoms. The largest absolute Gasteiger partial charge is 1.00 e. The fraction of sp³-hybridized carbons (Fsp3) is 0.154. The van der Waals surface area contributed by atoms with Crippen molar-refractivity contribution in [3.63, 3.8) is 0 Å². The third kappa shape index (κ3) is 3.98. The van der Waals surface area contributed by atoms with E-state index in [1.165, 1.54) is 18.2 Å². The SMILES string of the molecule is N#C[C-](C#N)C(c1cccc([N+](=O)[O-])c1)C(Br)(C#N)C#N.[Na+]. The van der Waals surface area contributed by atoms with Crippen LogP contribution < -0.4 is 29.6 Å². The van der Waals surface area contributed by atoms with Gasteiger partial charge in [0.15, 0.2) is 4.32 Å². The van der Waals surface area contributed by atoms with E-state index >= 15 is 0 Å². The summed E-state index contributed by atoms with van der Waals surface area (Å²) < 4.78 is -1.87. The second kappa shape index (κ2) is 8.39. The van der Waals surface area contributed by atoms with E-state index in [1.54, 1.807) is 24.3 Å². The quantitative estimate of drug-likeness (QED) is 0.231. The van der Waals surface area contributed by atoms with E-state index < -0.39 is 21.1 Å². The first kappa shape index (κ1) is 19.9. The zero-order chi connectivity index (χ0) is 16.0. The van der Waals surface area contributed by atoms with Crippen LogP contribution >= 0.6 is 15.9 Å².